The highest BCUT2D eigenvalue weighted by Crippen LogP contribution is 2.47. The Morgan fingerprint density at radius 3 is 2.52 bits per heavy atom. The molecule has 2 aromatic rings. The second-order valence-corrected chi connectivity index (χ2v) is 8.79. The molecule has 5 rings (SSSR count). The molecular weight excluding hydrogens is 382 g/mol. The second-order valence-electron chi connectivity index (χ2n) is 8.79. The summed E-state index contributed by atoms with van der Waals surface area (Å²) in [4.78, 5) is 2.48. The topological polar surface area (TPSA) is 32.7 Å². The summed E-state index contributed by atoms with van der Waals surface area (Å²) in [6.45, 7) is 4.16. The van der Waals surface area contributed by atoms with E-state index in [2.05, 4.69) is 65.6 Å². The number of nitrogens with zero attached hydrogens (tertiary/aromatic N) is 1. The lowest BCUT2D eigenvalue weighted by molar-refractivity contribution is 0.238. The van der Waals surface area contributed by atoms with Crippen molar-refractivity contribution in [2.45, 2.75) is 37.7 Å². The third-order valence-corrected chi connectivity index (χ3v) is 6.76. The van der Waals surface area contributed by atoms with Crippen LogP contribution in [-0.4, -0.2) is 42.4 Å². The number of rotatable bonds is 6. The van der Waals surface area contributed by atoms with Crippen LogP contribution < -0.4 is 4.74 Å². The predicted molar refractivity (Wildman–Crippen MR) is 126 cm³/mol. The Hall–Kier alpha value is -2.62. The van der Waals surface area contributed by atoms with E-state index in [0.717, 1.165) is 31.7 Å². The largest absolute Gasteiger partial charge is 0.492 e. The number of likely N-dealkylation sites (tertiary alicyclic amines) is 1. The quantitative estimate of drug-likeness (QED) is 0.693. The van der Waals surface area contributed by atoms with Crippen LogP contribution in [0, 0.1) is 0 Å². The Bertz CT molecular complexity index is 981. The maximum Gasteiger partial charge on any atom is 0.119 e. The molecule has 1 heterocycles. The van der Waals surface area contributed by atoms with E-state index in [1.54, 1.807) is 0 Å². The number of aliphatic hydroxyl groups excluding tert-OH is 1. The van der Waals surface area contributed by atoms with Crippen molar-refractivity contribution in [2.75, 3.05) is 26.2 Å². The third kappa shape index (κ3) is 4.53. The molecule has 31 heavy (non-hydrogen) atoms. The van der Waals surface area contributed by atoms with Gasteiger partial charge in [-0.1, -0.05) is 54.6 Å². The zero-order chi connectivity index (χ0) is 21.0. The van der Waals surface area contributed by atoms with Crippen LogP contribution in [-0.2, 0) is 0 Å². The van der Waals surface area contributed by atoms with Gasteiger partial charge in [0.25, 0.3) is 0 Å². The van der Waals surface area contributed by atoms with Crippen LogP contribution in [0.3, 0.4) is 0 Å². The van der Waals surface area contributed by atoms with Crippen molar-refractivity contribution >= 4 is 5.57 Å². The number of benzene rings is 2. The highest BCUT2D eigenvalue weighted by molar-refractivity contribution is 5.82. The van der Waals surface area contributed by atoms with E-state index in [0.29, 0.717) is 5.92 Å². The molecule has 0 bridgehead atoms. The summed E-state index contributed by atoms with van der Waals surface area (Å²) in [5, 5.41) is 10.1. The molecule has 3 nitrogen and oxygen atoms in total. The van der Waals surface area contributed by atoms with E-state index in [9.17, 15) is 5.11 Å². The number of hydrogen-bond donors (Lipinski definition) is 1. The van der Waals surface area contributed by atoms with Crippen molar-refractivity contribution in [3.05, 3.63) is 95.1 Å². The van der Waals surface area contributed by atoms with Crippen LogP contribution in [0.5, 0.6) is 5.75 Å². The van der Waals surface area contributed by atoms with Gasteiger partial charge in [-0.05, 0) is 84.8 Å². The van der Waals surface area contributed by atoms with Crippen LogP contribution in [0.1, 0.15) is 42.7 Å². The summed E-state index contributed by atoms with van der Waals surface area (Å²) < 4.78 is 6.03. The normalized spacial score (nSPS) is 23.6. The van der Waals surface area contributed by atoms with Gasteiger partial charge < -0.3 is 9.84 Å². The van der Waals surface area contributed by atoms with Crippen molar-refractivity contribution in [2.24, 2.45) is 0 Å². The third-order valence-electron chi connectivity index (χ3n) is 6.76. The van der Waals surface area contributed by atoms with Gasteiger partial charge in [0.2, 0.25) is 0 Å². The first-order chi connectivity index (χ1) is 15.3. The van der Waals surface area contributed by atoms with Crippen molar-refractivity contribution in [3.8, 4) is 5.75 Å². The lowest BCUT2D eigenvalue weighted by atomic mass is 9.72. The number of hydrogen-bond acceptors (Lipinski definition) is 3. The molecule has 160 valence electrons. The van der Waals surface area contributed by atoms with Crippen molar-refractivity contribution in [3.63, 3.8) is 0 Å². The number of fused-ring (bicyclic) bond motifs is 1. The molecule has 0 radical (unpaired) electrons. The Kier molecular flexibility index (Phi) is 6.06. The zero-order valence-electron chi connectivity index (χ0n) is 18.0. The maximum atomic E-state index is 10.1. The summed E-state index contributed by atoms with van der Waals surface area (Å²) in [5.74, 6) is 1.29. The van der Waals surface area contributed by atoms with Gasteiger partial charge in [0.15, 0.2) is 0 Å². The molecular formula is C28H31NO2. The molecule has 2 atom stereocenters. The van der Waals surface area contributed by atoms with Gasteiger partial charge in [-0.15, -0.1) is 0 Å². The average Bonchev–Trinajstić information content (AvgIpc) is 3.33. The van der Waals surface area contributed by atoms with Gasteiger partial charge in [-0.3, -0.25) is 4.90 Å². The molecule has 0 spiro atoms. The minimum atomic E-state index is -0.473. The second kappa shape index (κ2) is 9.25. The first kappa shape index (κ1) is 20.3. The zero-order valence-corrected chi connectivity index (χ0v) is 18.0. The fraction of sp³-hybridized carbons (Fsp3) is 0.357. The molecule has 0 unspecified atom stereocenters. The molecule has 1 fully saturated rings. The summed E-state index contributed by atoms with van der Waals surface area (Å²) in [6.07, 6.45) is 10.2. The SMILES string of the molecule is O[C@@H]1C=CC2=C(c3ccc(OCCN4CCCC4)cc3)[C@H](c3ccccc3)CCC2=C1. The van der Waals surface area contributed by atoms with Crippen LogP contribution in [0.15, 0.2) is 84.0 Å². The standard InChI is InChI=1S/C28H31NO2/c30-24-11-15-27-23(20-24)10-14-26(21-6-2-1-3-7-21)28(27)22-8-12-25(13-9-22)31-19-18-29-16-4-5-17-29/h1-3,6-9,11-13,15,20,24,26,30H,4-5,10,14,16-19H2/t24-,26+/m1/s1. The smallest absolute Gasteiger partial charge is 0.119 e. The first-order valence-corrected chi connectivity index (χ1v) is 11.6. The van der Waals surface area contributed by atoms with Crippen molar-refractivity contribution in [1.29, 1.82) is 0 Å². The van der Waals surface area contributed by atoms with Gasteiger partial charge in [0.1, 0.15) is 12.4 Å². The van der Waals surface area contributed by atoms with E-state index in [1.165, 1.54) is 53.8 Å². The molecule has 2 aliphatic carbocycles. The first-order valence-electron chi connectivity index (χ1n) is 11.6. The molecule has 1 saturated heterocycles. The Morgan fingerprint density at radius 1 is 0.968 bits per heavy atom. The number of ether oxygens (including phenoxy) is 1. The van der Waals surface area contributed by atoms with E-state index in [-0.39, 0.29) is 0 Å². The predicted octanol–water partition coefficient (Wildman–Crippen LogP) is 5.35. The van der Waals surface area contributed by atoms with E-state index in [4.69, 9.17) is 4.74 Å². The minimum absolute atomic E-state index is 0.357. The Morgan fingerprint density at radius 2 is 1.74 bits per heavy atom. The number of allylic oxidation sites excluding steroid dienone is 4. The molecule has 0 amide bonds. The van der Waals surface area contributed by atoms with Gasteiger partial charge in [0, 0.05) is 12.5 Å². The molecule has 0 saturated carbocycles. The summed E-state index contributed by atoms with van der Waals surface area (Å²) in [5.41, 5.74) is 6.49. The van der Waals surface area contributed by atoms with Crippen LogP contribution >= 0.6 is 0 Å². The maximum absolute atomic E-state index is 10.1. The van der Waals surface area contributed by atoms with Crippen LogP contribution in [0.4, 0.5) is 0 Å². The Balaban J connectivity index is 1.40. The molecule has 3 aliphatic rings. The van der Waals surface area contributed by atoms with E-state index >= 15 is 0 Å². The van der Waals surface area contributed by atoms with Crippen LogP contribution in [0.2, 0.25) is 0 Å². The summed E-state index contributed by atoms with van der Waals surface area (Å²) >= 11 is 0. The van der Waals surface area contributed by atoms with E-state index in [1.807, 2.05) is 12.2 Å². The highest BCUT2D eigenvalue weighted by atomic mass is 16.5. The minimum Gasteiger partial charge on any atom is -0.492 e. The highest BCUT2D eigenvalue weighted by Gasteiger charge is 2.29. The van der Waals surface area contributed by atoms with Gasteiger partial charge in [-0.2, -0.15) is 0 Å². The lowest BCUT2D eigenvalue weighted by Gasteiger charge is -2.32. The summed E-state index contributed by atoms with van der Waals surface area (Å²) in [7, 11) is 0. The molecule has 3 heteroatoms. The van der Waals surface area contributed by atoms with Gasteiger partial charge >= 0.3 is 0 Å². The lowest BCUT2D eigenvalue weighted by Crippen LogP contribution is -2.25. The van der Waals surface area contributed by atoms with Crippen molar-refractivity contribution < 1.29 is 9.84 Å². The molecule has 2 aromatic carbocycles. The molecule has 0 aromatic heterocycles. The van der Waals surface area contributed by atoms with Crippen molar-refractivity contribution in [1.82, 2.24) is 4.90 Å². The monoisotopic (exact) mass is 413 g/mol. The number of aliphatic hydroxyl groups is 1. The molecule has 1 N–H and O–H groups in total. The van der Waals surface area contributed by atoms with Gasteiger partial charge in [0.05, 0.1) is 6.10 Å². The molecule has 1 aliphatic heterocycles. The fourth-order valence-corrected chi connectivity index (χ4v) is 5.17. The average molecular weight is 414 g/mol. The summed E-state index contributed by atoms with van der Waals surface area (Å²) in [6, 6.07) is 19.4. The Labute approximate surface area is 185 Å². The fourth-order valence-electron chi connectivity index (χ4n) is 5.17. The van der Waals surface area contributed by atoms with Gasteiger partial charge in [-0.25, -0.2) is 0 Å². The van der Waals surface area contributed by atoms with E-state index < -0.39 is 6.10 Å². The van der Waals surface area contributed by atoms with Crippen LogP contribution in [0.25, 0.3) is 5.57 Å².